The quantitative estimate of drug-likeness (QED) is 0.589. The van der Waals surface area contributed by atoms with E-state index in [1.807, 2.05) is 35.9 Å². The maximum absolute atomic E-state index is 11.6. The van der Waals surface area contributed by atoms with Gasteiger partial charge in [-0.1, -0.05) is 0 Å². The zero-order valence-electron chi connectivity index (χ0n) is 13.4. The Hall–Kier alpha value is -2.87. The van der Waals surface area contributed by atoms with Gasteiger partial charge in [-0.3, -0.25) is 9.48 Å². The molecule has 0 aromatic carbocycles. The fourth-order valence-electron chi connectivity index (χ4n) is 2.40. The molecule has 0 spiro atoms. The van der Waals surface area contributed by atoms with Crippen LogP contribution in [0.15, 0.2) is 36.9 Å². The molecule has 3 N–H and O–H groups in total. The van der Waals surface area contributed by atoms with Gasteiger partial charge in [0.25, 0.3) is 0 Å². The average molecular weight is 328 g/mol. The SMILES string of the molecule is Cc1ccn2c(CNc3cnn(CC(=O)NCCO)c3)cnc2c1. The van der Waals surface area contributed by atoms with Crippen molar-refractivity contribution in [1.82, 2.24) is 24.5 Å². The molecule has 0 bridgehead atoms. The minimum atomic E-state index is -0.184. The van der Waals surface area contributed by atoms with Crippen molar-refractivity contribution in [2.75, 3.05) is 18.5 Å². The van der Waals surface area contributed by atoms with Crippen molar-refractivity contribution in [2.45, 2.75) is 20.0 Å². The summed E-state index contributed by atoms with van der Waals surface area (Å²) in [5, 5.41) is 18.7. The molecule has 0 atom stereocenters. The number of aliphatic hydroxyl groups is 1. The highest BCUT2D eigenvalue weighted by Gasteiger charge is 2.06. The summed E-state index contributed by atoms with van der Waals surface area (Å²) < 4.78 is 3.58. The van der Waals surface area contributed by atoms with Gasteiger partial charge in [0, 0.05) is 18.9 Å². The van der Waals surface area contributed by atoms with Gasteiger partial charge in [0.05, 0.1) is 36.9 Å². The van der Waals surface area contributed by atoms with Crippen LogP contribution in [0.25, 0.3) is 5.65 Å². The van der Waals surface area contributed by atoms with Crippen molar-refractivity contribution in [3.8, 4) is 0 Å². The summed E-state index contributed by atoms with van der Waals surface area (Å²) in [7, 11) is 0. The van der Waals surface area contributed by atoms with Crippen LogP contribution in [0, 0.1) is 6.92 Å². The first kappa shape index (κ1) is 16.0. The molecule has 0 aliphatic carbocycles. The summed E-state index contributed by atoms with van der Waals surface area (Å²) >= 11 is 0. The summed E-state index contributed by atoms with van der Waals surface area (Å²) in [4.78, 5) is 16.0. The minimum Gasteiger partial charge on any atom is -0.395 e. The van der Waals surface area contributed by atoms with E-state index < -0.39 is 0 Å². The fourth-order valence-corrected chi connectivity index (χ4v) is 2.40. The Morgan fingerprint density at radius 2 is 2.25 bits per heavy atom. The first-order valence-electron chi connectivity index (χ1n) is 7.72. The Morgan fingerprint density at radius 1 is 1.38 bits per heavy atom. The van der Waals surface area contributed by atoms with Crippen molar-refractivity contribution in [1.29, 1.82) is 0 Å². The molecule has 8 heteroatoms. The van der Waals surface area contributed by atoms with E-state index in [2.05, 4.69) is 20.7 Å². The van der Waals surface area contributed by atoms with E-state index in [0.29, 0.717) is 6.54 Å². The van der Waals surface area contributed by atoms with Gasteiger partial charge >= 0.3 is 0 Å². The molecule has 3 heterocycles. The maximum atomic E-state index is 11.6. The van der Waals surface area contributed by atoms with Crippen LogP contribution in [-0.4, -0.2) is 43.3 Å². The molecule has 0 unspecified atom stereocenters. The van der Waals surface area contributed by atoms with Crippen LogP contribution < -0.4 is 10.6 Å². The van der Waals surface area contributed by atoms with Crippen LogP contribution in [0.1, 0.15) is 11.3 Å². The number of hydrogen-bond donors (Lipinski definition) is 3. The minimum absolute atomic E-state index is 0.0729. The summed E-state index contributed by atoms with van der Waals surface area (Å²) in [6, 6.07) is 4.08. The molecular formula is C16H20N6O2. The fraction of sp³-hybridized carbons (Fsp3) is 0.312. The van der Waals surface area contributed by atoms with Gasteiger partial charge in [-0.25, -0.2) is 4.98 Å². The summed E-state index contributed by atoms with van der Waals surface area (Å²) in [6.07, 6.45) is 7.29. The molecule has 3 aromatic heterocycles. The Morgan fingerprint density at radius 3 is 3.08 bits per heavy atom. The Balaban J connectivity index is 1.59. The molecule has 0 saturated heterocycles. The van der Waals surface area contributed by atoms with Crippen LogP contribution in [0.5, 0.6) is 0 Å². The summed E-state index contributed by atoms with van der Waals surface area (Å²) in [5.41, 5.74) is 3.96. The Labute approximate surface area is 139 Å². The molecule has 0 aliphatic heterocycles. The number of aliphatic hydroxyl groups excluding tert-OH is 1. The van der Waals surface area contributed by atoms with Gasteiger partial charge in [-0.2, -0.15) is 5.10 Å². The van der Waals surface area contributed by atoms with Gasteiger partial charge in [0.1, 0.15) is 12.2 Å². The largest absolute Gasteiger partial charge is 0.395 e. The number of amides is 1. The predicted molar refractivity (Wildman–Crippen MR) is 89.6 cm³/mol. The van der Waals surface area contributed by atoms with Gasteiger partial charge in [-0.15, -0.1) is 0 Å². The van der Waals surface area contributed by atoms with Crippen LogP contribution in [0.2, 0.25) is 0 Å². The second-order valence-corrected chi connectivity index (χ2v) is 5.54. The predicted octanol–water partition coefficient (Wildman–Crippen LogP) is 0.560. The van der Waals surface area contributed by atoms with Crippen molar-refractivity contribution in [2.24, 2.45) is 0 Å². The molecule has 8 nitrogen and oxygen atoms in total. The molecule has 0 fully saturated rings. The molecule has 0 saturated carbocycles. The van der Waals surface area contributed by atoms with Crippen molar-refractivity contribution in [3.05, 3.63) is 48.2 Å². The molecule has 3 aromatic rings. The van der Waals surface area contributed by atoms with E-state index >= 15 is 0 Å². The highest BCUT2D eigenvalue weighted by Crippen LogP contribution is 2.12. The normalized spacial score (nSPS) is 10.9. The first-order chi connectivity index (χ1) is 11.7. The van der Waals surface area contributed by atoms with Gasteiger partial charge < -0.3 is 20.1 Å². The number of nitrogens with zero attached hydrogens (tertiary/aromatic N) is 4. The van der Waals surface area contributed by atoms with E-state index in [9.17, 15) is 4.79 Å². The lowest BCUT2D eigenvalue weighted by atomic mass is 10.3. The van der Waals surface area contributed by atoms with E-state index in [1.54, 1.807) is 17.1 Å². The third-order valence-electron chi connectivity index (χ3n) is 3.59. The summed E-state index contributed by atoms with van der Waals surface area (Å²) in [5.74, 6) is -0.184. The van der Waals surface area contributed by atoms with Crippen molar-refractivity contribution in [3.63, 3.8) is 0 Å². The second-order valence-electron chi connectivity index (χ2n) is 5.54. The zero-order valence-corrected chi connectivity index (χ0v) is 13.4. The summed E-state index contributed by atoms with van der Waals surface area (Å²) in [6.45, 7) is 2.94. The van der Waals surface area contributed by atoms with Crippen LogP contribution in [0.4, 0.5) is 5.69 Å². The van der Waals surface area contributed by atoms with Crippen molar-refractivity contribution < 1.29 is 9.90 Å². The smallest absolute Gasteiger partial charge is 0.241 e. The number of hydrogen-bond acceptors (Lipinski definition) is 5. The van der Waals surface area contributed by atoms with Gasteiger partial charge in [0.15, 0.2) is 0 Å². The lowest BCUT2D eigenvalue weighted by molar-refractivity contribution is -0.122. The number of pyridine rings is 1. The second kappa shape index (κ2) is 7.14. The number of carbonyl (C=O) groups excluding carboxylic acids is 1. The lowest BCUT2D eigenvalue weighted by Gasteiger charge is -2.04. The molecule has 24 heavy (non-hydrogen) atoms. The van der Waals surface area contributed by atoms with Crippen LogP contribution >= 0.6 is 0 Å². The van der Waals surface area contributed by atoms with Crippen molar-refractivity contribution >= 4 is 17.2 Å². The molecular weight excluding hydrogens is 308 g/mol. The third-order valence-corrected chi connectivity index (χ3v) is 3.59. The molecule has 1 amide bonds. The lowest BCUT2D eigenvalue weighted by Crippen LogP contribution is -2.30. The number of imidazole rings is 1. The number of aryl methyl sites for hydroxylation is 1. The molecule has 0 radical (unpaired) electrons. The van der Waals surface area contributed by atoms with Gasteiger partial charge in [-0.05, 0) is 24.6 Å². The Bertz CT molecular complexity index is 838. The van der Waals surface area contributed by atoms with E-state index in [-0.39, 0.29) is 25.6 Å². The molecule has 0 aliphatic rings. The molecule has 3 rings (SSSR count). The highest BCUT2D eigenvalue weighted by atomic mass is 16.3. The first-order valence-corrected chi connectivity index (χ1v) is 7.72. The van der Waals surface area contributed by atoms with Crippen LogP contribution in [-0.2, 0) is 17.9 Å². The van der Waals surface area contributed by atoms with E-state index in [0.717, 1.165) is 17.0 Å². The van der Waals surface area contributed by atoms with Gasteiger partial charge in [0.2, 0.25) is 5.91 Å². The maximum Gasteiger partial charge on any atom is 0.241 e. The Kier molecular flexibility index (Phi) is 4.76. The highest BCUT2D eigenvalue weighted by molar-refractivity contribution is 5.75. The van der Waals surface area contributed by atoms with E-state index in [4.69, 9.17) is 5.11 Å². The number of fused-ring (bicyclic) bond motifs is 1. The number of anilines is 1. The number of nitrogens with one attached hydrogen (secondary N) is 2. The average Bonchev–Trinajstić information content (AvgIpc) is 3.17. The number of rotatable bonds is 7. The number of carbonyl (C=O) groups is 1. The zero-order chi connectivity index (χ0) is 16.9. The monoisotopic (exact) mass is 328 g/mol. The van der Waals surface area contributed by atoms with Crippen LogP contribution in [0.3, 0.4) is 0 Å². The third kappa shape index (κ3) is 3.72. The number of aromatic nitrogens is 4. The standard InChI is InChI=1S/C16H20N6O2/c1-12-2-4-22-14(9-19-15(22)6-12)8-18-13-7-20-21(10-13)11-16(24)17-3-5-23/h2,4,6-7,9-10,18,23H,3,5,8,11H2,1H3,(H,17,24). The topological polar surface area (TPSA) is 96.5 Å². The molecule has 126 valence electrons. The van der Waals surface area contributed by atoms with E-state index in [1.165, 1.54) is 5.56 Å².